The Bertz CT molecular complexity index is 551. The standard InChI is InChI=1S/C18H21BrO2/c1-3-11-21-17-6-4-5-15(13-17)18(19)12-14-7-9-16(20-2)10-8-14/h4-10,13,18H,3,11-12H2,1-2H3. The third-order valence-corrected chi connectivity index (χ3v) is 4.12. The van der Waals surface area contributed by atoms with E-state index in [9.17, 15) is 0 Å². The normalized spacial score (nSPS) is 12.0. The van der Waals surface area contributed by atoms with Crippen molar-refractivity contribution in [3.8, 4) is 11.5 Å². The number of rotatable bonds is 7. The molecule has 2 rings (SSSR count). The van der Waals surface area contributed by atoms with Crippen molar-refractivity contribution in [1.29, 1.82) is 0 Å². The summed E-state index contributed by atoms with van der Waals surface area (Å²) in [6.07, 6.45) is 1.95. The average Bonchev–Trinajstić information content (AvgIpc) is 2.54. The lowest BCUT2D eigenvalue weighted by Crippen LogP contribution is -1.98. The Morgan fingerprint density at radius 1 is 1.05 bits per heavy atom. The van der Waals surface area contributed by atoms with Crippen molar-refractivity contribution in [2.75, 3.05) is 13.7 Å². The van der Waals surface area contributed by atoms with Gasteiger partial charge >= 0.3 is 0 Å². The van der Waals surface area contributed by atoms with E-state index in [-0.39, 0.29) is 4.83 Å². The van der Waals surface area contributed by atoms with Crippen LogP contribution in [0.25, 0.3) is 0 Å². The maximum Gasteiger partial charge on any atom is 0.119 e. The first kappa shape index (κ1) is 15.9. The number of ether oxygens (including phenoxy) is 2. The van der Waals surface area contributed by atoms with E-state index >= 15 is 0 Å². The molecule has 3 heteroatoms. The van der Waals surface area contributed by atoms with Crippen LogP contribution in [0.15, 0.2) is 48.5 Å². The van der Waals surface area contributed by atoms with Gasteiger partial charge in [0.05, 0.1) is 13.7 Å². The highest BCUT2D eigenvalue weighted by atomic mass is 79.9. The van der Waals surface area contributed by atoms with E-state index in [1.54, 1.807) is 7.11 Å². The Hall–Kier alpha value is -1.48. The molecule has 0 amide bonds. The highest BCUT2D eigenvalue weighted by Crippen LogP contribution is 2.30. The van der Waals surface area contributed by atoms with E-state index in [0.717, 1.165) is 30.9 Å². The van der Waals surface area contributed by atoms with Gasteiger partial charge in [-0.1, -0.05) is 47.1 Å². The van der Waals surface area contributed by atoms with Crippen LogP contribution >= 0.6 is 15.9 Å². The molecule has 0 saturated carbocycles. The van der Waals surface area contributed by atoms with Crippen molar-refractivity contribution in [2.24, 2.45) is 0 Å². The molecule has 0 aliphatic carbocycles. The molecular weight excluding hydrogens is 328 g/mol. The van der Waals surface area contributed by atoms with Gasteiger partial charge in [0.15, 0.2) is 0 Å². The van der Waals surface area contributed by atoms with Crippen molar-refractivity contribution in [3.05, 3.63) is 59.7 Å². The predicted octanol–water partition coefficient (Wildman–Crippen LogP) is 5.16. The number of benzene rings is 2. The molecule has 0 radical (unpaired) electrons. The SMILES string of the molecule is CCCOc1cccc(C(Br)Cc2ccc(OC)cc2)c1. The van der Waals surface area contributed by atoms with Crippen LogP contribution in [-0.4, -0.2) is 13.7 Å². The quantitative estimate of drug-likeness (QED) is 0.643. The van der Waals surface area contributed by atoms with Crippen molar-refractivity contribution in [2.45, 2.75) is 24.6 Å². The number of methoxy groups -OCH3 is 1. The summed E-state index contributed by atoms with van der Waals surface area (Å²) in [5, 5.41) is 0. The van der Waals surface area contributed by atoms with Crippen LogP contribution in [0.5, 0.6) is 11.5 Å². The molecule has 0 bridgehead atoms. The van der Waals surface area contributed by atoms with E-state index in [1.807, 2.05) is 24.3 Å². The smallest absolute Gasteiger partial charge is 0.119 e. The number of hydrogen-bond donors (Lipinski definition) is 0. The van der Waals surface area contributed by atoms with Gasteiger partial charge in [-0.05, 0) is 48.2 Å². The largest absolute Gasteiger partial charge is 0.497 e. The van der Waals surface area contributed by atoms with Crippen LogP contribution in [0, 0.1) is 0 Å². The Labute approximate surface area is 135 Å². The Kier molecular flexibility index (Phi) is 6.12. The Balaban J connectivity index is 2.03. The van der Waals surface area contributed by atoms with Gasteiger partial charge in [0, 0.05) is 4.83 Å². The summed E-state index contributed by atoms with van der Waals surface area (Å²) in [6.45, 7) is 2.87. The highest BCUT2D eigenvalue weighted by molar-refractivity contribution is 9.09. The number of hydrogen-bond acceptors (Lipinski definition) is 2. The van der Waals surface area contributed by atoms with Crippen molar-refractivity contribution < 1.29 is 9.47 Å². The van der Waals surface area contributed by atoms with Crippen LogP contribution in [0.3, 0.4) is 0 Å². The first-order valence-corrected chi connectivity index (χ1v) is 8.14. The minimum atomic E-state index is 0.274. The molecule has 2 nitrogen and oxygen atoms in total. The molecule has 1 unspecified atom stereocenters. The van der Waals surface area contributed by atoms with Gasteiger partial charge in [0.2, 0.25) is 0 Å². The van der Waals surface area contributed by atoms with E-state index in [1.165, 1.54) is 11.1 Å². The topological polar surface area (TPSA) is 18.5 Å². The molecule has 0 aliphatic rings. The highest BCUT2D eigenvalue weighted by Gasteiger charge is 2.09. The van der Waals surface area contributed by atoms with E-state index in [2.05, 4.69) is 47.1 Å². The average molecular weight is 349 g/mol. The van der Waals surface area contributed by atoms with Crippen molar-refractivity contribution in [3.63, 3.8) is 0 Å². The van der Waals surface area contributed by atoms with Crippen molar-refractivity contribution in [1.82, 2.24) is 0 Å². The summed E-state index contributed by atoms with van der Waals surface area (Å²) in [5.74, 6) is 1.83. The molecule has 0 heterocycles. The lowest BCUT2D eigenvalue weighted by Gasteiger charge is -2.13. The molecule has 0 saturated heterocycles. The summed E-state index contributed by atoms with van der Waals surface area (Å²) >= 11 is 3.77. The molecule has 0 aliphatic heterocycles. The Morgan fingerprint density at radius 3 is 2.48 bits per heavy atom. The van der Waals surface area contributed by atoms with E-state index < -0.39 is 0 Å². The second-order valence-corrected chi connectivity index (χ2v) is 6.05. The first-order chi connectivity index (χ1) is 10.2. The fourth-order valence-corrected chi connectivity index (χ4v) is 2.76. The fraction of sp³-hybridized carbons (Fsp3) is 0.333. The van der Waals surface area contributed by atoms with Crippen LogP contribution in [0.1, 0.15) is 29.3 Å². The first-order valence-electron chi connectivity index (χ1n) is 7.22. The van der Waals surface area contributed by atoms with Gasteiger partial charge in [-0.2, -0.15) is 0 Å². The van der Waals surface area contributed by atoms with Gasteiger partial charge in [0.25, 0.3) is 0 Å². The molecule has 0 N–H and O–H groups in total. The minimum absolute atomic E-state index is 0.274. The molecule has 112 valence electrons. The summed E-state index contributed by atoms with van der Waals surface area (Å²) < 4.78 is 10.9. The fourth-order valence-electron chi connectivity index (χ4n) is 2.11. The summed E-state index contributed by atoms with van der Waals surface area (Å²) in [4.78, 5) is 0.274. The molecule has 2 aromatic carbocycles. The molecule has 0 aromatic heterocycles. The van der Waals surface area contributed by atoms with Crippen LogP contribution in [0.4, 0.5) is 0 Å². The summed E-state index contributed by atoms with van der Waals surface area (Å²) in [7, 11) is 1.68. The summed E-state index contributed by atoms with van der Waals surface area (Å²) in [5.41, 5.74) is 2.51. The third-order valence-electron chi connectivity index (χ3n) is 3.27. The molecular formula is C18H21BrO2. The predicted molar refractivity (Wildman–Crippen MR) is 90.6 cm³/mol. The summed E-state index contributed by atoms with van der Waals surface area (Å²) in [6, 6.07) is 16.5. The number of halogens is 1. The third kappa shape index (κ3) is 4.78. The second kappa shape index (κ2) is 8.08. The van der Waals surface area contributed by atoms with E-state index in [0.29, 0.717) is 0 Å². The maximum absolute atomic E-state index is 5.69. The van der Waals surface area contributed by atoms with Crippen molar-refractivity contribution >= 4 is 15.9 Å². The molecule has 0 fully saturated rings. The molecule has 1 atom stereocenters. The van der Waals surface area contributed by atoms with Crippen LogP contribution < -0.4 is 9.47 Å². The zero-order chi connectivity index (χ0) is 15.1. The zero-order valence-electron chi connectivity index (χ0n) is 12.5. The molecule has 21 heavy (non-hydrogen) atoms. The van der Waals surface area contributed by atoms with Gasteiger partial charge in [-0.25, -0.2) is 0 Å². The second-order valence-electron chi connectivity index (χ2n) is 4.94. The molecule has 0 spiro atoms. The van der Waals surface area contributed by atoms with Gasteiger partial charge in [0.1, 0.15) is 11.5 Å². The maximum atomic E-state index is 5.69. The van der Waals surface area contributed by atoms with Gasteiger partial charge in [-0.3, -0.25) is 0 Å². The van der Waals surface area contributed by atoms with Gasteiger partial charge < -0.3 is 9.47 Å². The minimum Gasteiger partial charge on any atom is -0.497 e. The lowest BCUT2D eigenvalue weighted by molar-refractivity contribution is 0.317. The zero-order valence-corrected chi connectivity index (χ0v) is 14.1. The van der Waals surface area contributed by atoms with Crippen LogP contribution in [0.2, 0.25) is 0 Å². The lowest BCUT2D eigenvalue weighted by atomic mass is 10.0. The van der Waals surface area contributed by atoms with Gasteiger partial charge in [-0.15, -0.1) is 0 Å². The van der Waals surface area contributed by atoms with E-state index in [4.69, 9.17) is 9.47 Å². The number of alkyl halides is 1. The monoisotopic (exact) mass is 348 g/mol. The van der Waals surface area contributed by atoms with Crippen LogP contribution in [-0.2, 0) is 6.42 Å². The molecule has 2 aromatic rings. The Morgan fingerprint density at radius 2 is 1.81 bits per heavy atom.